The molecule has 0 saturated carbocycles. The molecule has 1 N–H and O–H groups in total. The lowest BCUT2D eigenvalue weighted by Crippen LogP contribution is -2.03. The van der Waals surface area contributed by atoms with Crippen LogP contribution in [0.5, 0.6) is 0 Å². The third-order valence-electron chi connectivity index (χ3n) is 2.08. The quantitative estimate of drug-likeness (QED) is 0.517. The fraction of sp³-hybridized carbons (Fsp3) is 0.385. The fourth-order valence-corrected chi connectivity index (χ4v) is 1.31. The van der Waals surface area contributed by atoms with E-state index in [2.05, 4.69) is 48.9 Å². The van der Waals surface area contributed by atoms with Crippen molar-refractivity contribution in [2.75, 3.05) is 0 Å². The van der Waals surface area contributed by atoms with Gasteiger partial charge in [0.25, 0.3) is 0 Å². The molecule has 14 heavy (non-hydrogen) atoms. The van der Waals surface area contributed by atoms with Gasteiger partial charge in [0.15, 0.2) is 0 Å². The van der Waals surface area contributed by atoms with E-state index in [0.717, 1.165) is 19.3 Å². The SMILES string of the molecule is C=CN/C1=C/CC#CC(C)CC=CC1. The summed E-state index contributed by atoms with van der Waals surface area (Å²) < 4.78 is 0. The van der Waals surface area contributed by atoms with Crippen molar-refractivity contribution >= 4 is 0 Å². The first-order chi connectivity index (χ1) is 6.83. The van der Waals surface area contributed by atoms with Crippen molar-refractivity contribution in [3.63, 3.8) is 0 Å². The topological polar surface area (TPSA) is 12.0 Å². The van der Waals surface area contributed by atoms with Gasteiger partial charge in [-0.25, -0.2) is 0 Å². The van der Waals surface area contributed by atoms with Crippen LogP contribution >= 0.6 is 0 Å². The molecule has 1 aliphatic carbocycles. The number of rotatable bonds is 2. The minimum absolute atomic E-state index is 0.480. The maximum absolute atomic E-state index is 3.65. The molecule has 0 aromatic rings. The summed E-state index contributed by atoms with van der Waals surface area (Å²) >= 11 is 0. The zero-order chi connectivity index (χ0) is 10.2. The summed E-state index contributed by atoms with van der Waals surface area (Å²) in [5.74, 6) is 6.85. The van der Waals surface area contributed by atoms with Gasteiger partial charge < -0.3 is 5.32 Å². The molecule has 0 spiro atoms. The van der Waals surface area contributed by atoms with Crippen molar-refractivity contribution in [1.82, 2.24) is 5.32 Å². The first-order valence-corrected chi connectivity index (χ1v) is 5.03. The fourth-order valence-electron chi connectivity index (χ4n) is 1.31. The molecule has 1 heteroatoms. The molecule has 1 nitrogen and oxygen atoms in total. The highest BCUT2D eigenvalue weighted by Gasteiger charge is 1.95. The molecule has 0 aromatic heterocycles. The summed E-state index contributed by atoms with van der Waals surface area (Å²) in [7, 11) is 0. The Labute approximate surface area is 86.6 Å². The molecule has 0 amide bonds. The molecule has 0 aromatic carbocycles. The van der Waals surface area contributed by atoms with Gasteiger partial charge in [0.2, 0.25) is 0 Å². The minimum atomic E-state index is 0.480. The van der Waals surface area contributed by atoms with E-state index >= 15 is 0 Å². The predicted molar refractivity (Wildman–Crippen MR) is 61.3 cm³/mol. The summed E-state index contributed by atoms with van der Waals surface area (Å²) in [5.41, 5.74) is 1.18. The Kier molecular flexibility index (Phi) is 4.64. The maximum atomic E-state index is 3.65. The molecule has 0 saturated heterocycles. The Morgan fingerprint density at radius 1 is 1.57 bits per heavy atom. The first kappa shape index (κ1) is 10.7. The van der Waals surface area contributed by atoms with Crippen LogP contribution in [0.4, 0.5) is 0 Å². The summed E-state index contributed by atoms with van der Waals surface area (Å²) in [6.45, 7) is 5.81. The molecule has 74 valence electrons. The van der Waals surface area contributed by atoms with E-state index in [1.807, 2.05) is 0 Å². The van der Waals surface area contributed by atoms with Gasteiger partial charge in [-0.2, -0.15) is 0 Å². The molecular weight excluding hydrogens is 170 g/mol. The molecule has 0 aliphatic heterocycles. The third-order valence-corrected chi connectivity index (χ3v) is 2.08. The lowest BCUT2D eigenvalue weighted by Gasteiger charge is -2.05. The number of hydrogen-bond acceptors (Lipinski definition) is 1. The van der Waals surface area contributed by atoms with E-state index in [-0.39, 0.29) is 0 Å². The van der Waals surface area contributed by atoms with Crippen LogP contribution in [0.3, 0.4) is 0 Å². The van der Waals surface area contributed by atoms with Crippen molar-refractivity contribution in [2.45, 2.75) is 26.2 Å². The second kappa shape index (κ2) is 6.10. The molecule has 1 unspecified atom stereocenters. The Bertz CT molecular complexity index is 299. The van der Waals surface area contributed by atoms with Crippen molar-refractivity contribution in [3.05, 3.63) is 36.7 Å². The Hall–Kier alpha value is -1.42. The average Bonchev–Trinajstić information content (AvgIpc) is 2.19. The van der Waals surface area contributed by atoms with E-state index in [9.17, 15) is 0 Å². The van der Waals surface area contributed by atoms with E-state index in [4.69, 9.17) is 0 Å². The number of hydrogen-bond donors (Lipinski definition) is 1. The minimum Gasteiger partial charge on any atom is -0.366 e. The molecule has 0 heterocycles. The largest absolute Gasteiger partial charge is 0.366 e. The summed E-state index contributed by atoms with van der Waals surface area (Å²) in [6.07, 6.45) is 11.0. The van der Waals surface area contributed by atoms with Gasteiger partial charge in [-0.05, 0) is 12.6 Å². The van der Waals surface area contributed by atoms with Crippen molar-refractivity contribution in [1.29, 1.82) is 0 Å². The highest BCUT2D eigenvalue weighted by molar-refractivity contribution is 5.15. The van der Waals surface area contributed by atoms with Gasteiger partial charge in [-0.15, -0.1) is 0 Å². The summed E-state index contributed by atoms with van der Waals surface area (Å²) in [6, 6.07) is 0. The normalized spacial score (nSPS) is 25.2. The third kappa shape index (κ3) is 4.00. The smallest absolute Gasteiger partial charge is 0.0289 e. The van der Waals surface area contributed by atoms with Crippen LogP contribution in [0.25, 0.3) is 0 Å². The Morgan fingerprint density at radius 2 is 2.43 bits per heavy atom. The highest BCUT2D eigenvalue weighted by atomic mass is 14.8. The van der Waals surface area contributed by atoms with E-state index < -0.39 is 0 Å². The molecule has 1 rings (SSSR count). The van der Waals surface area contributed by atoms with E-state index in [1.54, 1.807) is 6.20 Å². The van der Waals surface area contributed by atoms with Crippen molar-refractivity contribution in [3.8, 4) is 11.8 Å². The summed E-state index contributed by atoms with van der Waals surface area (Å²) in [4.78, 5) is 0. The lowest BCUT2D eigenvalue weighted by atomic mass is 10.1. The second-order valence-electron chi connectivity index (χ2n) is 3.42. The Balaban J connectivity index is 2.66. The molecule has 1 atom stereocenters. The summed E-state index contributed by atoms with van der Waals surface area (Å²) in [5, 5.41) is 3.12. The van der Waals surface area contributed by atoms with Crippen LogP contribution in [0.1, 0.15) is 26.2 Å². The van der Waals surface area contributed by atoms with Crippen molar-refractivity contribution < 1.29 is 0 Å². The van der Waals surface area contributed by atoms with Gasteiger partial charge in [0.05, 0.1) is 0 Å². The molecule has 0 radical (unpaired) electrons. The molecular formula is C13H17N. The average molecular weight is 187 g/mol. The van der Waals surface area contributed by atoms with Crippen LogP contribution < -0.4 is 5.32 Å². The number of nitrogens with one attached hydrogen (secondary N) is 1. The lowest BCUT2D eigenvalue weighted by molar-refractivity contribution is 0.768. The zero-order valence-corrected chi connectivity index (χ0v) is 8.72. The second-order valence-corrected chi connectivity index (χ2v) is 3.42. The van der Waals surface area contributed by atoms with Crippen molar-refractivity contribution in [2.24, 2.45) is 5.92 Å². The highest BCUT2D eigenvalue weighted by Crippen LogP contribution is 2.07. The van der Waals surface area contributed by atoms with Crippen LogP contribution in [0.15, 0.2) is 36.7 Å². The Morgan fingerprint density at radius 3 is 3.21 bits per heavy atom. The maximum Gasteiger partial charge on any atom is 0.0289 e. The standard InChI is InChI=1S/C13H17N/c1-3-14-13-10-6-4-8-12(2)9-5-7-11-13/h3-4,6,11-12,14H,1,7-8,10H2,2H3/b6-4?,13-11+. The number of allylic oxidation sites excluding steroid dienone is 3. The van der Waals surface area contributed by atoms with E-state index in [0.29, 0.717) is 5.92 Å². The molecule has 1 aliphatic rings. The van der Waals surface area contributed by atoms with Gasteiger partial charge >= 0.3 is 0 Å². The van der Waals surface area contributed by atoms with Gasteiger partial charge in [0, 0.05) is 24.5 Å². The van der Waals surface area contributed by atoms with Crippen LogP contribution in [-0.2, 0) is 0 Å². The first-order valence-electron chi connectivity index (χ1n) is 5.03. The monoisotopic (exact) mass is 187 g/mol. The van der Waals surface area contributed by atoms with Crippen LogP contribution in [-0.4, -0.2) is 0 Å². The van der Waals surface area contributed by atoms with Gasteiger partial charge in [-0.3, -0.25) is 0 Å². The van der Waals surface area contributed by atoms with Gasteiger partial charge in [-0.1, -0.05) is 43.6 Å². The van der Waals surface area contributed by atoms with E-state index in [1.165, 1.54) is 5.70 Å². The zero-order valence-electron chi connectivity index (χ0n) is 8.72. The molecule has 0 bridgehead atoms. The van der Waals surface area contributed by atoms with Crippen LogP contribution in [0, 0.1) is 17.8 Å². The van der Waals surface area contributed by atoms with Crippen LogP contribution in [0.2, 0.25) is 0 Å². The van der Waals surface area contributed by atoms with Gasteiger partial charge in [0.1, 0.15) is 0 Å². The predicted octanol–water partition coefficient (Wildman–Crippen LogP) is 2.98. The molecule has 0 fully saturated rings.